The van der Waals surface area contributed by atoms with Gasteiger partial charge in [-0.3, -0.25) is 0 Å². The van der Waals surface area contributed by atoms with E-state index >= 15 is 0 Å². The Labute approximate surface area is 123 Å². The molecule has 5 heteroatoms. The van der Waals surface area contributed by atoms with E-state index in [0.717, 1.165) is 38.7 Å². The lowest BCUT2D eigenvalue weighted by Gasteiger charge is -2.37. The van der Waals surface area contributed by atoms with Gasteiger partial charge >= 0.3 is 0 Å². The molecular formula is C15H29NO3S. The first-order chi connectivity index (χ1) is 9.44. The quantitative estimate of drug-likeness (QED) is 0.844. The van der Waals surface area contributed by atoms with Crippen LogP contribution in [0.25, 0.3) is 0 Å². The SMILES string of the molecule is CNC1CCC(C(C)C)CC1S(=O)(=O)CC1CCCO1. The van der Waals surface area contributed by atoms with Crippen LogP contribution in [0, 0.1) is 11.8 Å². The highest BCUT2D eigenvalue weighted by Crippen LogP contribution is 2.34. The van der Waals surface area contributed by atoms with Crippen molar-refractivity contribution in [1.82, 2.24) is 5.32 Å². The third kappa shape index (κ3) is 3.74. The van der Waals surface area contributed by atoms with Gasteiger partial charge in [0.2, 0.25) is 0 Å². The lowest BCUT2D eigenvalue weighted by atomic mass is 9.79. The van der Waals surface area contributed by atoms with Crippen molar-refractivity contribution < 1.29 is 13.2 Å². The van der Waals surface area contributed by atoms with Crippen LogP contribution in [-0.4, -0.2) is 45.2 Å². The first-order valence-corrected chi connectivity index (χ1v) is 9.66. The monoisotopic (exact) mass is 303 g/mol. The lowest BCUT2D eigenvalue weighted by Crippen LogP contribution is -2.49. The molecule has 1 aliphatic carbocycles. The molecular weight excluding hydrogens is 274 g/mol. The van der Waals surface area contributed by atoms with E-state index in [4.69, 9.17) is 4.74 Å². The average molecular weight is 303 g/mol. The van der Waals surface area contributed by atoms with Crippen molar-refractivity contribution in [3.63, 3.8) is 0 Å². The average Bonchev–Trinajstić information content (AvgIpc) is 2.90. The van der Waals surface area contributed by atoms with Crippen molar-refractivity contribution in [2.24, 2.45) is 11.8 Å². The Morgan fingerprint density at radius 1 is 1.25 bits per heavy atom. The van der Waals surface area contributed by atoms with Crippen LogP contribution < -0.4 is 5.32 Å². The molecule has 118 valence electrons. The molecule has 1 saturated heterocycles. The molecule has 4 unspecified atom stereocenters. The van der Waals surface area contributed by atoms with Crippen LogP contribution in [-0.2, 0) is 14.6 Å². The normalized spacial score (nSPS) is 35.6. The van der Waals surface area contributed by atoms with Crippen LogP contribution in [0.2, 0.25) is 0 Å². The molecule has 2 fully saturated rings. The maximum atomic E-state index is 12.8. The summed E-state index contributed by atoms with van der Waals surface area (Å²) in [4.78, 5) is 0. The Bertz CT molecular complexity index is 401. The fourth-order valence-corrected chi connectivity index (χ4v) is 5.99. The Morgan fingerprint density at radius 2 is 2.00 bits per heavy atom. The van der Waals surface area contributed by atoms with Gasteiger partial charge in [-0.05, 0) is 51.0 Å². The van der Waals surface area contributed by atoms with Gasteiger partial charge in [-0.25, -0.2) is 8.42 Å². The molecule has 20 heavy (non-hydrogen) atoms. The zero-order valence-electron chi connectivity index (χ0n) is 13.0. The standard InChI is InChI=1S/C15H29NO3S/c1-11(2)12-6-7-14(16-3)15(9-12)20(17,18)10-13-5-4-8-19-13/h11-16H,4-10H2,1-3H3. The number of hydrogen-bond acceptors (Lipinski definition) is 4. The Kier molecular flexibility index (Phi) is 5.49. The fourth-order valence-electron chi connectivity index (χ4n) is 3.65. The first kappa shape index (κ1) is 16.2. The zero-order valence-corrected chi connectivity index (χ0v) is 13.8. The molecule has 1 N–H and O–H groups in total. The van der Waals surface area contributed by atoms with E-state index < -0.39 is 9.84 Å². The molecule has 1 aliphatic heterocycles. The maximum Gasteiger partial charge on any atom is 0.157 e. The summed E-state index contributed by atoms with van der Waals surface area (Å²) in [7, 11) is -1.20. The van der Waals surface area contributed by atoms with E-state index in [-0.39, 0.29) is 23.1 Å². The summed E-state index contributed by atoms with van der Waals surface area (Å²) in [6.45, 7) is 5.12. The second-order valence-electron chi connectivity index (χ2n) is 6.72. The molecule has 2 rings (SSSR count). The summed E-state index contributed by atoms with van der Waals surface area (Å²) in [6.07, 6.45) is 4.72. The minimum absolute atomic E-state index is 0.0723. The predicted molar refractivity (Wildman–Crippen MR) is 81.6 cm³/mol. The van der Waals surface area contributed by atoms with Crippen LogP contribution >= 0.6 is 0 Å². The number of ether oxygens (including phenoxy) is 1. The van der Waals surface area contributed by atoms with Crippen molar-refractivity contribution in [3.8, 4) is 0 Å². The number of nitrogens with one attached hydrogen (secondary N) is 1. The number of hydrogen-bond donors (Lipinski definition) is 1. The van der Waals surface area contributed by atoms with Crippen molar-refractivity contribution in [3.05, 3.63) is 0 Å². The van der Waals surface area contributed by atoms with Gasteiger partial charge < -0.3 is 10.1 Å². The molecule has 1 saturated carbocycles. The molecule has 0 amide bonds. The second kappa shape index (κ2) is 6.75. The summed E-state index contributed by atoms with van der Waals surface area (Å²) in [6, 6.07) is 0.108. The summed E-state index contributed by atoms with van der Waals surface area (Å²) in [5.74, 6) is 1.30. The minimum Gasteiger partial charge on any atom is -0.377 e. The summed E-state index contributed by atoms with van der Waals surface area (Å²) in [5.41, 5.74) is 0. The second-order valence-corrected chi connectivity index (χ2v) is 8.98. The molecule has 4 atom stereocenters. The van der Waals surface area contributed by atoms with Gasteiger partial charge in [0.1, 0.15) is 0 Å². The van der Waals surface area contributed by atoms with Crippen LogP contribution in [0.1, 0.15) is 46.0 Å². The maximum absolute atomic E-state index is 12.8. The smallest absolute Gasteiger partial charge is 0.157 e. The minimum atomic E-state index is -3.08. The van der Waals surface area contributed by atoms with Gasteiger partial charge in [0.25, 0.3) is 0 Å². The van der Waals surface area contributed by atoms with Crippen LogP contribution in [0.3, 0.4) is 0 Å². The molecule has 1 heterocycles. The van der Waals surface area contributed by atoms with E-state index in [2.05, 4.69) is 19.2 Å². The molecule has 0 radical (unpaired) electrons. The van der Waals surface area contributed by atoms with Gasteiger partial charge in [0, 0.05) is 12.6 Å². The zero-order chi connectivity index (χ0) is 14.8. The van der Waals surface area contributed by atoms with Gasteiger partial charge in [0.15, 0.2) is 9.84 Å². The predicted octanol–water partition coefficient (Wildman–Crippen LogP) is 1.99. The van der Waals surface area contributed by atoms with Crippen molar-refractivity contribution in [2.45, 2.75) is 63.3 Å². The Balaban J connectivity index is 2.08. The van der Waals surface area contributed by atoms with E-state index in [1.165, 1.54) is 0 Å². The number of rotatable bonds is 5. The highest BCUT2D eigenvalue weighted by Gasteiger charge is 2.40. The summed E-state index contributed by atoms with van der Waals surface area (Å²) >= 11 is 0. The van der Waals surface area contributed by atoms with Crippen molar-refractivity contribution in [2.75, 3.05) is 19.4 Å². The van der Waals surface area contributed by atoms with Crippen LogP contribution in [0.15, 0.2) is 0 Å². The van der Waals surface area contributed by atoms with Gasteiger partial charge in [0.05, 0.1) is 17.1 Å². The highest BCUT2D eigenvalue weighted by molar-refractivity contribution is 7.92. The van der Waals surface area contributed by atoms with E-state index in [1.807, 2.05) is 7.05 Å². The summed E-state index contributed by atoms with van der Waals surface area (Å²) < 4.78 is 31.0. The summed E-state index contributed by atoms with van der Waals surface area (Å²) in [5, 5.41) is 2.99. The fraction of sp³-hybridized carbons (Fsp3) is 1.00. The highest BCUT2D eigenvalue weighted by atomic mass is 32.2. The van der Waals surface area contributed by atoms with Gasteiger partial charge in [-0.1, -0.05) is 13.8 Å². The molecule has 2 aliphatic rings. The van der Waals surface area contributed by atoms with E-state index in [1.54, 1.807) is 0 Å². The first-order valence-electron chi connectivity index (χ1n) is 7.94. The van der Waals surface area contributed by atoms with Crippen molar-refractivity contribution >= 4 is 9.84 Å². The lowest BCUT2D eigenvalue weighted by molar-refractivity contribution is 0.127. The number of sulfone groups is 1. The molecule has 4 nitrogen and oxygen atoms in total. The molecule has 0 aromatic heterocycles. The van der Waals surface area contributed by atoms with E-state index in [9.17, 15) is 8.42 Å². The molecule has 0 bridgehead atoms. The van der Waals surface area contributed by atoms with Gasteiger partial charge in [-0.2, -0.15) is 0 Å². The largest absolute Gasteiger partial charge is 0.377 e. The van der Waals surface area contributed by atoms with E-state index in [0.29, 0.717) is 11.8 Å². The third-order valence-electron chi connectivity index (χ3n) is 5.05. The molecule has 0 aromatic carbocycles. The Hall–Kier alpha value is -0.130. The van der Waals surface area contributed by atoms with Gasteiger partial charge in [-0.15, -0.1) is 0 Å². The van der Waals surface area contributed by atoms with Crippen LogP contribution in [0.4, 0.5) is 0 Å². The third-order valence-corrected chi connectivity index (χ3v) is 7.33. The molecule has 0 spiro atoms. The molecule has 0 aromatic rings. The van der Waals surface area contributed by atoms with Crippen molar-refractivity contribution in [1.29, 1.82) is 0 Å². The van der Waals surface area contributed by atoms with Crippen LogP contribution in [0.5, 0.6) is 0 Å². The topological polar surface area (TPSA) is 55.4 Å². The Morgan fingerprint density at radius 3 is 2.55 bits per heavy atom.